The summed E-state index contributed by atoms with van der Waals surface area (Å²) in [5, 5.41) is 8.41. The van der Waals surface area contributed by atoms with E-state index in [1.54, 1.807) is 31.2 Å². The number of nitrogens with one attached hydrogen (secondary N) is 3. The van der Waals surface area contributed by atoms with Gasteiger partial charge in [0.25, 0.3) is 5.91 Å². The van der Waals surface area contributed by atoms with Crippen LogP contribution < -0.4 is 16.0 Å². The summed E-state index contributed by atoms with van der Waals surface area (Å²) in [5.41, 5.74) is 3.02. The van der Waals surface area contributed by atoms with E-state index in [9.17, 15) is 14.4 Å². The van der Waals surface area contributed by atoms with Crippen LogP contribution in [0, 0.1) is 13.8 Å². The second-order valence-electron chi connectivity index (χ2n) is 6.23. The molecule has 1 unspecified atom stereocenters. The largest absolute Gasteiger partial charge is 0.345 e. The van der Waals surface area contributed by atoms with Crippen LogP contribution in [0.25, 0.3) is 0 Å². The van der Waals surface area contributed by atoms with Crippen LogP contribution in [0.2, 0.25) is 5.02 Å². The summed E-state index contributed by atoms with van der Waals surface area (Å²) in [5.74, 6) is -1.18. The van der Waals surface area contributed by atoms with Crippen LogP contribution in [-0.4, -0.2) is 30.3 Å². The number of aryl methyl sites for hydroxylation is 2. The average Bonchev–Trinajstić information content (AvgIpc) is 2.63. The molecule has 7 heteroatoms. The normalized spacial score (nSPS) is 11.4. The molecule has 0 fully saturated rings. The molecule has 0 aromatic heterocycles. The second-order valence-corrected chi connectivity index (χ2v) is 6.67. The SMILES string of the molecule is Cc1cccc(C)c1NC(=O)CNC(=O)C(C)NC(=O)c1ccc(Cl)cc1. The summed E-state index contributed by atoms with van der Waals surface area (Å²) in [6.07, 6.45) is 0. The third kappa shape index (κ3) is 5.82. The highest BCUT2D eigenvalue weighted by molar-refractivity contribution is 6.30. The van der Waals surface area contributed by atoms with Gasteiger partial charge in [-0.2, -0.15) is 0 Å². The van der Waals surface area contributed by atoms with Gasteiger partial charge in [0.15, 0.2) is 0 Å². The number of para-hydroxylation sites is 1. The Balaban J connectivity index is 1.84. The highest BCUT2D eigenvalue weighted by Gasteiger charge is 2.17. The maximum absolute atomic E-state index is 12.1. The van der Waals surface area contributed by atoms with Crippen LogP contribution in [0.3, 0.4) is 0 Å². The summed E-state index contributed by atoms with van der Waals surface area (Å²) >= 11 is 5.79. The van der Waals surface area contributed by atoms with Crippen molar-refractivity contribution < 1.29 is 14.4 Å². The maximum atomic E-state index is 12.1. The Bertz CT molecular complexity index is 830. The molecule has 2 rings (SSSR count). The monoisotopic (exact) mass is 387 g/mol. The highest BCUT2D eigenvalue weighted by atomic mass is 35.5. The van der Waals surface area contributed by atoms with E-state index in [2.05, 4.69) is 16.0 Å². The third-order valence-corrected chi connectivity index (χ3v) is 4.27. The zero-order chi connectivity index (χ0) is 20.0. The topological polar surface area (TPSA) is 87.3 Å². The van der Waals surface area contributed by atoms with Crippen molar-refractivity contribution in [3.63, 3.8) is 0 Å². The minimum Gasteiger partial charge on any atom is -0.345 e. The average molecular weight is 388 g/mol. The van der Waals surface area contributed by atoms with Crippen molar-refractivity contribution in [1.29, 1.82) is 0 Å². The van der Waals surface area contributed by atoms with Crippen molar-refractivity contribution in [2.75, 3.05) is 11.9 Å². The van der Waals surface area contributed by atoms with Gasteiger partial charge in [0, 0.05) is 16.3 Å². The molecule has 3 amide bonds. The van der Waals surface area contributed by atoms with Crippen LogP contribution in [0.4, 0.5) is 5.69 Å². The fourth-order valence-electron chi connectivity index (χ4n) is 2.46. The Morgan fingerprint density at radius 1 is 1.00 bits per heavy atom. The smallest absolute Gasteiger partial charge is 0.251 e. The van der Waals surface area contributed by atoms with Crippen LogP contribution in [-0.2, 0) is 9.59 Å². The number of carbonyl (C=O) groups is 3. The minimum absolute atomic E-state index is 0.187. The standard InChI is InChI=1S/C20H22ClN3O3/c1-12-5-4-6-13(2)18(12)24-17(25)11-22-19(26)14(3)23-20(27)15-7-9-16(21)10-8-15/h4-10,14H,11H2,1-3H3,(H,22,26)(H,23,27)(H,24,25). The number of anilines is 1. The summed E-state index contributed by atoms with van der Waals surface area (Å²) in [6.45, 7) is 5.16. The Morgan fingerprint density at radius 3 is 2.19 bits per heavy atom. The van der Waals surface area contributed by atoms with E-state index in [-0.39, 0.29) is 12.5 Å². The van der Waals surface area contributed by atoms with Gasteiger partial charge < -0.3 is 16.0 Å². The second kappa shape index (κ2) is 9.19. The van der Waals surface area contributed by atoms with Gasteiger partial charge in [0.2, 0.25) is 11.8 Å². The van der Waals surface area contributed by atoms with Gasteiger partial charge in [-0.25, -0.2) is 0 Å². The summed E-state index contributed by atoms with van der Waals surface area (Å²) < 4.78 is 0. The van der Waals surface area contributed by atoms with Crippen LogP contribution in [0.15, 0.2) is 42.5 Å². The molecule has 0 saturated heterocycles. The lowest BCUT2D eigenvalue weighted by Gasteiger charge is -2.15. The van der Waals surface area contributed by atoms with E-state index in [0.29, 0.717) is 10.6 Å². The molecule has 0 bridgehead atoms. The molecule has 142 valence electrons. The first kappa shape index (κ1) is 20.5. The van der Waals surface area contributed by atoms with Gasteiger partial charge in [0.05, 0.1) is 6.54 Å². The van der Waals surface area contributed by atoms with Crippen molar-refractivity contribution in [3.05, 3.63) is 64.2 Å². The molecule has 2 aromatic carbocycles. The van der Waals surface area contributed by atoms with Crippen LogP contribution in [0.5, 0.6) is 0 Å². The number of carbonyl (C=O) groups excluding carboxylic acids is 3. The van der Waals surface area contributed by atoms with E-state index in [1.807, 2.05) is 32.0 Å². The fourth-order valence-corrected chi connectivity index (χ4v) is 2.59. The Hall–Kier alpha value is -2.86. The first-order valence-electron chi connectivity index (χ1n) is 8.48. The summed E-state index contributed by atoms with van der Waals surface area (Å²) in [6, 6.07) is 11.2. The molecule has 0 aliphatic carbocycles. The molecule has 0 aliphatic rings. The van der Waals surface area contributed by atoms with E-state index in [4.69, 9.17) is 11.6 Å². The minimum atomic E-state index is -0.791. The molecule has 1 atom stereocenters. The lowest BCUT2D eigenvalue weighted by molar-refractivity contribution is -0.125. The molecule has 2 aromatic rings. The molecule has 0 radical (unpaired) electrons. The van der Waals surface area contributed by atoms with Gasteiger partial charge in [0.1, 0.15) is 6.04 Å². The molecule has 0 saturated carbocycles. The zero-order valence-electron chi connectivity index (χ0n) is 15.4. The first-order valence-corrected chi connectivity index (χ1v) is 8.86. The predicted molar refractivity (Wildman–Crippen MR) is 106 cm³/mol. The van der Waals surface area contributed by atoms with Crippen molar-refractivity contribution in [2.24, 2.45) is 0 Å². The quantitative estimate of drug-likeness (QED) is 0.712. The van der Waals surface area contributed by atoms with Crippen LogP contribution in [0.1, 0.15) is 28.4 Å². The van der Waals surface area contributed by atoms with Crippen molar-refractivity contribution in [1.82, 2.24) is 10.6 Å². The molecule has 0 aliphatic heterocycles. The summed E-state index contributed by atoms with van der Waals surface area (Å²) in [7, 11) is 0. The van der Waals surface area contributed by atoms with Gasteiger partial charge in [-0.3, -0.25) is 14.4 Å². The predicted octanol–water partition coefficient (Wildman–Crippen LogP) is 2.83. The number of hydrogen-bond donors (Lipinski definition) is 3. The van der Waals surface area contributed by atoms with Gasteiger partial charge in [-0.1, -0.05) is 29.8 Å². The Labute approximate surface area is 163 Å². The molecule has 0 heterocycles. The lowest BCUT2D eigenvalue weighted by Crippen LogP contribution is -2.46. The van der Waals surface area contributed by atoms with Crippen molar-refractivity contribution >= 4 is 35.0 Å². The number of halogens is 1. The Morgan fingerprint density at radius 2 is 1.59 bits per heavy atom. The fraction of sp³-hybridized carbons (Fsp3) is 0.250. The van der Waals surface area contributed by atoms with E-state index < -0.39 is 17.9 Å². The zero-order valence-corrected chi connectivity index (χ0v) is 16.2. The maximum Gasteiger partial charge on any atom is 0.251 e. The molecule has 0 spiro atoms. The van der Waals surface area contributed by atoms with Crippen LogP contribution >= 0.6 is 11.6 Å². The molecule has 3 N–H and O–H groups in total. The molecular weight excluding hydrogens is 366 g/mol. The number of hydrogen-bond acceptors (Lipinski definition) is 3. The van der Waals surface area contributed by atoms with E-state index in [0.717, 1.165) is 16.8 Å². The number of amides is 3. The van der Waals surface area contributed by atoms with Gasteiger partial charge >= 0.3 is 0 Å². The van der Waals surface area contributed by atoms with Gasteiger partial charge in [-0.05, 0) is 56.2 Å². The number of benzene rings is 2. The molecule has 27 heavy (non-hydrogen) atoms. The highest BCUT2D eigenvalue weighted by Crippen LogP contribution is 2.19. The first-order chi connectivity index (χ1) is 12.8. The van der Waals surface area contributed by atoms with E-state index in [1.165, 1.54) is 0 Å². The summed E-state index contributed by atoms with van der Waals surface area (Å²) in [4.78, 5) is 36.3. The third-order valence-electron chi connectivity index (χ3n) is 4.02. The van der Waals surface area contributed by atoms with E-state index >= 15 is 0 Å². The molecule has 6 nitrogen and oxygen atoms in total. The number of rotatable bonds is 6. The molecular formula is C20H22ClN3O3. The van der Waals surface area contributed by atoms with Crippen molar-refractivity contribution in [3.8, 4) is 0 Å². The lowest BCUT2D eigenvalue weighted by atomic mass is 10.1. The Kier molecular flexibility index (Phi) is 6.96. The van der Waals surface area contributed by atoms with Crippen molar-refractivity contribution in [2.45, 2.75) is 26.8 Å². The van der Waals surface area contributed by atoms with Gasteiger partial charge in [-0.15, -0.1) is 0 Å².